The Balaban J connectivity index is 1.56. The lowest BCUT2D eigenvalue weighted by molar-refractivity contribution is 0.0945. The first-order valence-electron chi connectivity index (χ1n) is 10.3. The van der Waals surface area contributed by atoms with Crippen LogP contribution in [0.4, 0.5) is 4.39 Å². The summed E-state index contributed by atoms with van der Waals surface area (Å²) in [4.78, 5) is 2.55. The van der Waals surface area contributed by atoms with Crippen molar-refractivity contribution >= 4 is 0 Å². The van der Waals surface area contributed by atoms with Gasteiger partial charge in [-0.1, -0.05) is 29.4 Å². The Morgan fingerprint density at radius 2 is 1.90 bits per heavy atom. The first kappa shape index (κ1) is 18.4. The quantitative estimate of drug-likeness (QED) is 0.609. The van der Waals surface area contributed by atoms with Gasteiger partial charge in [-0.2, -0.15) is 0 Å². The Labute approximate surface area is 170 Å². The highest BCUT2D eigenvalue weighted by molar-refractivity contribution is 5.73. The molecule has 2 atom stereocenters. The number of nitrogens with zero attached hydrogens (tertiary/aromatic N) is 2. The van der Waals surface area contributed by atoms with E-state index in [1.165, 1.54) is 36.1 Å². The number of halogens is 1. The van der Waals surface area contributed by atoms with Crippen molar-refractivity contribution in [1.82, 2.24) is 10.1 Å². The number of hydrogen-bond donors (Lipinski definition) is 0. The van der Waals surface area contributed by atoms with E-state index in [0.29, 0.717) is 23.1 Å². The van der Waals surface area contributed by atoms with Crippen molar-refractivity contribution in [2.24, 2.45) is 0 Å². The van der Waals surface area contributed by atoms with Gasteiger partial charge in [-0.15, -0.1) is 0 Å². The molecule has 1 saturated heterocycles. The van der Waals surface area contributed by atoms with Gasteiger partial charge in [0.25, 0.3) is 0 Å². The standard InChI is InChI=1S/C24H25FN2O2/c1-15-23(16(2)29-26-15)20-14-18(25)9-10-22(20)28-24-19-8-4-3-7-17(19)13-21(24)27-11-5-6-12-27/h3-4,7-10,14,21,24H,5-6,11-13H2,1-2H3/t21-,24-/m0/s1. The SMILES string of the molecule is Cc1noc(C)c1-c1cc(F)ccc1O[C@H]1c2ccccc2C[C@@H]1N1CCCC1. The monoisotopic (exact) mass is 392 g/mol. The summed E-state index contributed by atoms with van der Waals surface area (Å²) < 4.78 is 26.2. The smallest absolute Gasteiger partial charge is 0.141 e. The molecular formula is C24H25FN2O2. The molecule has 29 heavy (non-hydrogen) atoms. The van der Waals surface area contributed by atoms with Crippen LogP contribution in [0.3, 0.4) is 0 Å². The molecule has 0 unspecified atom stereocenters. The summed E-state index contributed by atoms with van der Waals surface area (Å²) in [6, 6.07) is 13.5. The Morgan fingerprint density at radius 3 is 2.66 bits per heavy atom. The number of hydrogen-bond acceptors (Lipinski definition) is 4. The molecule has 2 aromatic carbocycles. The summed E-state index contributed by atoms with van der Waals surface area (Å²) in [6.45, 7) is 5.94. The molecule has 0 saturated carbocycles. The Morgan fingerprint density at radius 1 is 1.10 bits per heavy atom. The molecule has 0 amide bonds. The average molecular weight is 392 g/mol. The van der Waals surface area contributed by atoms with E-state index in [2.05, 4.69) is 34.3 Å². The molecule has 150 valence electrons. The molecule has 5 heteroatoms. The lowest BCUT2D eigenvalue weighted by Gasteiger charge is -2.30. The molecule has 0 radical (unpaired) electrons. The fourth-order valence-corrected chi connectivity index (χ4v) is 4.88. The Kier molecular flexibility index (Phi) is 4.63. The van der Waals surface area contributed by atoms with Gasteiger partial charge in [0.1, 0.15) is 23.4 Å². The molecule has 2 aliphatic rings. The molecule has 1 aromatic heterocycles. The largest absolute Gasteiger partial charge is 0.483 e. The van der Waals surface area contributed by atoms with Crippen LogP contribution in [0.1, 0.15) is 41.5 Å². The van der Waals surface area contributed by atoms with Crippen LogP contribution in [0.2, 0.25) is 0 Å². The van der Waals surface area contributed by atoms with Crippen molar-refractivity contribution in [3.63, 3.8) is 0 Å². The molecule has 4 nitrogen and oxygen atoms in total. The number of fused-ring (bicyclic) bond motifs is 1. The van der Waals surface area contributed by atoms with E-state index in [-0.39, 0.29) is 11.9 Å². The fraction of sp³-hybridized carbons (Fsp3) is 0.375. The summed E-state index contributed by atoms with van der Waals surface area (Å²) in [6.07, 6.45) is 3.39. The number of ether oxygens (including phenoxy) is 1. The predicted molar refractivity (Wildman–Crippen MR) is 109 cm³/mol. The first-order chi connectivity index (χ1) is 14.1. The molecule has 0 bridgehead atoms. The predicted octanol–water partition coefficient (Wildman–Crippen LogP) is 5.24. The van der Waals surface area contributed by atoms with E-state index >= 15 is 0 Å². The number of benzene rings is 2. The second kappa shape index (κ2) is 7.30. The zero-order chi connectivity index (χ0) is 20.0. The molecule has 5 rings (SSSR count). The van der Waals surface area contributed by atoms with E-state index in [9.17, 15) is 4.39 Å². The topological polar surface area (TPSA) is 38.5 Å². The molecule has 1 aliphatic heterocycles. The first-order valence-corrected chi connectivity index (χ1v) is 10.3. The van der Waals surface area contributed by atoms with Crippen molar-refractivity contribution in [2.75, 3.05) is 13.1 Å². The van der Waals surface area contributed by atoms with Crippen LogP contribution in [0.25, 0.3) is 11.1 Å². The minimum Gasteiger partial charge on any atom is -0.483 e. The zero-order valence-corrected chi connectivity index (χ0v) is 16.8. The highest BCUT2D eigenvalue weighted by Gasteiger charge is 2.39. The van der Waals surface area contributed by atoms with Gasteiger partial charge in [0.2, 0.25) is 0 Å². The summed E-state index contributed by atoms with van der Waals surface area (Å²) >= 11 is 0. The number of likely N-dealkylation sites (tertiary alicyclic amines) is 1. The fourth-order valence-electron chi connectivity index (χ4n) is 4.88. The summed E-state index contributed by atoms with van der Waals surface area (Å²) in [7, 11) is 0. The van der Waals surface area contributed by atoms with Gasteiger partial charge >= 0.3 is 0 Å². The van der Waals surface area contributed by atoms with Crippen LogP contribution >= 0.6 is 0 Å². The zero-order valence-electron chi connectivity index (χ0n) is 16.8. The molecular weight excluding hydrogens is 367 g/mol. The van der Waals surface area contributed by atoms with E-state index in [1.807, 2.05) is 13.8 Å². The number of aryl methyl sites for hydroxylation is 2. The van der Waals surface area contributed by atoms with E-state index < -0.39 is 0 Å². The van der Waals surface area contributed by atoms with Gasteiger partial charge in [0.05, 0.1) is 17.3 Å². The Bertz CT molecular complexity index is 1020. The highest BCUT2D eigenvalue weighted by Crippen LogP contribution is 2.42. The molecule has 1 fully saturated rings. The number of aromatic nitrogens is 1. The van der Waals surface area contributed by atoms with Crippen LogP contribution in [-0.2, 0) is 6.42 Å². The molecule has 0 N–H and O–H groups in total. The van der Waals surface area contributed by atoms with Crippen molar-refractivity contribution in [3.8, 4) is 16.9 Å². The number of rotatable bonds is 4. The van der Waals surface area contributed by atoms with Crippen LogP contribution < -0.4 is 4.74 Å². The van der Waals surface area contributed by atoms with Gasteiger partial charge in [-0.25, -0.2) is 4.39 Å². The third-order valence-electron chi connectivity index (χ3n) is 6.25. The van der Waals surface area contributed by atoms with Gasteiger partial charge < -0.3 is 9.26 Å². The van der Waals surface area contributed by atoms with Crippen LogP contribution in [0, 0.1) is 19.7 Å². The van der Waals surface area contributed by atoms with E-state index in [0.717, 1.165) is 30.8 Å². The normalized spacial score (nSPS) is 21.5. The summed E-state index contributed by atoms with van der Waals surface area (Å²) in [5.74, 6) is 1.04. The van der Waals surface area contributed by atoms with Crippen molar-refractivity contribution in [3.05, 3.63) is 70.9 Å². The van der Waals surface area contributed by atoms with Gasteiger partial charge in [0.15, 0.2) is 0 Å². The van der Waals surface area contributed by atoms with Crippen LogP contribution in [0.15, 0.2) is 47.0 Å². The minimum absolute atomic E-state index is 0.0750. The lowest BCUT2D eigenvalue weighted by atomic mass is 10.0. The van der Waals surface area contributed by atoms with E-state index in [4.69, 9.17) is 9.26 Å². The molecule has 1 aliphatic carbocycles. The summed E-state index contributed by atoms with van der Waals surface area (Å²) in [5, 5.41) is 4.05. The van der Waals surface area contributed by atoms with E-state index in [1.54, 1.807) is 6.07 Å². The summed E-state index contributed by atoms with van der Waals surface area (Å²) in [5.41, 5.74) is 4.82. The average Bonchev–Trinajstić information content (AvgIpc) is 3.43. The maximum atomic E-state index is 14.2. The second-order valence-electron chi connectivity index (χ2n) is 8.09. The third-order valence-corrected chi connectivity index (χ3v) is 6.25. The molecule has 0 spiro atoms. The van der Waals surface area contributed by atoms with Crippen molar-refractivity contribution < 1.29 is 13.7 Å². The minimum atomic E-state index is -0.296. The van der Waals surface area contributed by atoms with Crippen LogP contribution in [-0.4, -0.2) is 29.2 Å². The maximum absolute atomic E-state index is 14.2. The van der Waals surface area contributed by atoms with Crippen LogP contribution in [0.5, 0.6) is 5.75 Å². The lowest BCUT2D eigenvalue weighted by Crippen LogP contribution is -2.38. The van der Waals surface area contributed by atoms with Gasteiger partial charge in [-0.05, 0) is 75.5 Å². The molecule has 2 heterocycles. The maximum Gasteiger partial charge on any atom is 0.141 e. The molecule has 3 aromatic rings. The van der Waals surface area contributed by atoms with Crippen molar-refractivity contribution in [2.45, 2.75) is 45.3 Å². The Hall–Kier alpha value is -2.66. The second-order valence-corrected chi connectivity index (χ2v) is 8.09. The highest BCUT2D eigenvalue weighted by atomic mass is 19.1. The third kappa shape index (κ3) is 3.23. The van der Waals surface area contributed by atoms with Gasteiger partial charge in [0, 0.05) is 5.56 Å². The van der Waals surface area contributed by atoms with Crippen molar-refractivity contribution in [1.29, 1.82) is 0 Å². The van der Waals surface area contributed by atoms with Gasteiger partial charge in [-0.3, -0.25) is 4.90 Å².